The molecule has 0 amide bonds. The lowest BCUT2D eigenvalue weighted by Gasteiger charge is -2.37. The van der Waals surface area contributed by atoms with Gasteiger partial charge in [0.15, 0.2) is 0 Å². The van der Waals surface area contributed by atoms with E-state index in [-0.39, 0.29) is 0 Å². The molecule has 0 bridgehead atoms. The second-order valence-electron chi connectivity index (χ2n) is 4.96. The molecule has 1 rings (SSSR count). The summed E-state index contributed by atoms with van der Waals surface area (Å²) in [6.07, 6.45) is 4.89. The van der Waals surface area contributed by atoms with E-state index in [9.17, 15) is 5.11 Å². The molecule has 1 aliphatic carbocycles. The molecule has 0 spiro atoms. The van der Waals surface area contributed by atoms with Crippen LogP contribution in [0.1, 0.15) is 46.5 Å². The smallest absolute Gasteiger partial charge is 0.0880 e. The third-order valence-electron chi connectivity index (χ3n) is 3.41. The summed E-state index contributed by atoms with van der Waals surface area (Å²) in [4.78, 5) is 0. The maximum Gasteiger partial charge on any atom is 0.0880 e. The summed E-state index contributed by atoms with van der Waals surface area (Å²) in [5.74, 6) is 1.19. The molecule has 3 atom stereocenters. The molecule has 0 heterocycles. The van der Waals surface area contributed by atoms with Gasteiger partial charge in [-0.1, -0.05) is 19.8 Å². The molecule has 0 aliphatic heterocycles. The van der Waals surface area contributed by atoms with Gasteiger partial charge in [-0.3, -0.25) is 0 Å². The van der Waals surface area contributed by atoms with E-state index in [1.54, 1.807) is 0 Å². The molecule has 1 fully saturated rings. The molecule has 0 aromatic rings. The van der Waals surface area contributed by atoms with Crippen molar-refractivity contribution in [2.45, 2.75) is 52.1 Å². The SMILES string of the molecule is CCOCC(C)(O)C1CCCC(C)C1. The second-order valence-corrected chi connectivity index (χ2v) is 4.96. The molecular weight excluding hydrogens is 176 g/mol. The average Bonchev–Trinajstić information content (AvgIpc) is 2.15. The van der Waals surface area contributed by atoms with Crippen molar-refractivity contribution in [1.82, 2.24) is 0 Å². The predicted octanol–water partition coefficient (Wildman–Crippen LogP) is 2.60. The van der Waals surface area contributed by atoms with Crippen molar-refractivity contribution >= 4 is 0 Å². The maximum absolute atomic E-state index is 10.3. The number of hydrogen-bond acceptors (Lipinski definition) is 2. The molecule has 0 saturated heterocycles. The molecule has 1 aliphatic rings. The first kappa shape index (κ1) is 12.0. The fraction of sp³-hybridized carbons (Fsp3) is 1.00. The zero-order chi connectivity index (χ0) is 10.6. The van der Waals surface area contributed by atoms with Gasteiger partial charge >= 0.3 is 0 Å². The van der Waals surface area contributed by atoms with Crippen molar-refractivity contribution in [3.63, 3.8) is 0 Å². The minimum absolute atomic E-state index is 0.429. The highest BCUT2D eigenvalue weighted by atomic mass is 16.5. The zero-order valence-electron chi connectivity index (χ0n) is 9.75. The minimum atomic E-state index is -0.620. The maximum atomic E-state index is 10.3. The lowest BCUT2D eigenvalue weighted by atomic mass is 9.74. The Morgan fingerprint density at radius 3 is 2.71 bits per heavy atom. The van der Waals surface area contributed by atoms with Crippen LogP contribution in [0.4, 0.5) is 0 Å². The van der Waals surface area contributed by atoms with Crippen LogP contribution in [0.5, 0.6) is 0 Å². The van der Waals surface area contributed by atoms with Gasteiger partial charge in [0.1, 0.15) is 0 Å². The van der Waals surface area contributed by atoms with E-state index in [1.807, 2.05) is 13.8 Å². The van der Waals surface area contributed by atoms with E-state index >= 15 is 0 Å². The topological polar surface area (TPSA) is 29.5 Å². The first-order valence-corrected chi connectivity index (χ1v) is 5.86. The van der Waals surface area contributed by atoms with Gasteiger partial charge in [-0.15, -0.1) is 0 Å². The van der Waals surface area contributed by atoms with Crippen molar-refractivity contribution in [1.29, 1.82) is 0 Å². The van der Waals surface area contributed by atoms with E-state index < -0.39 is 5.60 Å². The quantitative estimate of drug-likeness (QED) is 0.756. The molecular formula is C12H24O2. The summed E-state index contributed by atoms with van der Waals surface area (Å²) in [5.41, 5.74) is -0.620. The monoisotopic (exact) mass is 200 g/mol. The van der Waals surface area contributed by atoms with Crippen molar-refractivity contribution < 1.29 is 9.84 Å². The normalized spacial score (nSPS) is 32.6. The van der Waals surface area contributed by atoms with Crippen LogP contribution in [0.25, 0.3) is 0 Å². The lowest BCUT2D eigenvalue weighted by molar-refractivity contribution is -0.0832. The van der Waals surface area contributed by atoms with Crippen LogP contribution in [-0.2, 0) is 4.74 Å². The molecule has 0 aromatic heterocycles. The molecule has 2 heteroatoms. The van der Waals surface area contributed by atoms with Crippen LogP contribution in [-0.4, -0.2) is 23.9 Å². The summed E-state index contributed by atoms with van der Waals surface area (Å²) in [7, 11) is 0. The third kappa shape index (κ3) is 3.25. The molecule has 84 valence electrons. The standard InChI is InChI=1S/C12H24O2/c1-4-14-9-12(3,13)11-7-5-6-10(2)8-11/h10-11,13H,4-9H2,1-3H3. The van der Waals surface area contributed by atoms with Gasteiger partial charge in [-0.2, -0.15) is 0 Å². The van der Waals surface area contributed by atoms with E-state index in [0.717, 1.165) is 18.8 Å². The van der Waals surface area contributed by atoms with E-state index in [4.69, 9.17) is 4.74 Å². The minimum Gasteiger partial charge on any atom is -0.387 e. The molecule has 3 unspecified atom stereocenters. The Bertz CT molecular complexity index is 166. The average molecular weight is 200 g/mol. The molecule has 1 saturated carbocycles. The van der Waals surface area contributed by atoms with Crippen LogP contribution in [0.3, 0.4) is 0 Å². The number of rotatable bonds is 4. The fourth-order valence-electron chi connectivity index (χ4n) is 2.43. The van der Waals surface area contributed by atoms with Crippen LogP contribution in [0.2, 0.25) is 0 Å². The number of ether oxygens (including phenoxy) is 1. The lowest BCUT2D eigenvalue weighted by Crippen LogP contribution is -2.41. The van der Waals surface area contributed by atoms with Crippen LogP contribution < -0.4 is 0 Å². The highest BCUT2D eigenvalue weighted by Crippen LogP contribution is 2.35. The Morgan fingerprint density at radius 2 is 2.14 bits per heavy atom. The van der Waals surface area contributed by atoms with Gasteiger partial charge in [0.2, 0.25) is 0 Å². The van der Waals surface area contributed by atoms with Crippen LogP contribution in [0, 0.1) is 11.8 Å². The number of aliphatic hydroxyl groups is 1. The molecule has 14 heavy (non-hydrogen) atoms. The van der Waals surface area contributed by atoms with Gasteiger partial charge in [-0.05, 0) is 38.5 Å². The van der Waals surface area contributed by atoms with Crippen molar-refractivity contribution in [3.8, 4) is 0 Å². The summed E-state index contributed by atoms with van der Waals surface area (Å²) >= 11 is 0. The molecule has 2 nitrogen and oxygen atoms in total. The number of hydrogen-bond donors (Lipinski definition) is 1. The first-order chi connectivity index (χ1) is 6.56. The summed E-state index contributed by atoms with van der Waals surface area (Å²) in [6.45, 7) is 7.35. The van der Waals surface area contributed by atoms with Crippen molar-refractivity contribution in [2.24, 2.45) is 11.8 Å². The highest BCUT2D eigenvalue weighted by Gasteiger charge is 2.34. The van der Waals surface area contributed by atoms with Crippen LogP contribution in [0.15, 0.2) is 0 Å². The Balaban J connectivity index is 2.43. The van der Waals surface area contributed by atoms with E-state index in [1.165, 1.54) is 12.8 Å². The predicted molar refractivity (Wildman–Crippen MR) is 58.2 cm³/mol. The van der Waals surface area contributed by atoms with Crippen molar-refractivity contribution in [2.75, 3.05) is 13.2 Å². The summed E-state index contributed by atoms with van der Waals surface area (Å²) in [6, 6.07) is 0. The van der Waals surface area contributed by atoms with Gasteiger partial charge in [0.05, 0.1) is 12.2 Å². The Labute approximate surface area is 87.7 Å². The summed E-state index contributed by atoms with van der Waals surface area (Å²) in [5, 5.41) is 10.3. The molecule has 1 N–H and O–H groups in total. The summed E-state index contributed by atoms with van der Waals surface area (Å²) < 4.78 is 5.34. The second kappa shape index (κ2) is 5.13. The third-order valence-corrected chi connectivity index (χ3v) is 3.41. The fourth-order valence-corrected chi connectivity index (χ4v) is 2.43. The van der Waals surface area contributed by atoms with Gasteiger partial charge < -0.3 is 9.84 Å². The van der Waals surface area contributed by atoms with Crippen LogP contribution >= 0.6 is 0 Å². The van der Waals surface area contributed by atoms with Gasteiger partial charge in [0, 0.05) is 6.61 Å². The molecule has 0 radical (unpaired) electrons. The zero-order valence-corrected chi connectivity index (χ0v) is 9.75. The first-order valence-electron chi connectivity index (χ1n) is 5.86. The Kier molecular flexibility index (Phi) is 4.39. The van der Waals surface area contributed by atoms with Crippen molar-refractivity contribution in [3.05, 3.63) is 0 Å². The van der Waals surface area contributed by atoms with Gasteiger partial charge in [-0.25, -0.2) is 0 Å². The Morgan fingerprint density at radius 1 is 1.43 bits per heavy atom. The van der Waals surface area contributed by atoms with E-state index in [0.29, 0.717) is 19.1 Å². The largest absolute Gasteiger partial charge is 0.387 e. The van der Waals surface area contributed by atoms with E-state index in [2.05, 4.69) is 6.92 Å². The highest BCUT2D eigenvalue weighted by molar-refractivity contribution is 4.85. The Hall–Kier alpha value is -0.0800. The molecule has 0 aromatic carbocycles. The van der Waals surface area contributed by atoms with Gasteiger partial charge in [0.25, 0.3) is 0 Å².